The third kappa shape index (κ3) is 2.70. The molecule has 1 unspecified atom stereocenters. The molecule has 0 aromatic carbocycles. The lowest BCUT2D eigenvalue weighted by molar-refractivity contribution is 0.154. The molecule has 0 amide bonds. The Bertz CT molecular complexity index is 368. The smallest absolute Gasteiger partial charge is 0.264 e. The van der Waals surface area contributed by atoms with E-state index in [2.05, 4.69) is 22.0 Å². The van der Waals surface area contributed by atoms with Gasteiger partial charge >= 0.3 is 0 Å². The molecule has 4 nitrogen and oxygen atoms in total. The first kappa shape index (κ1) is 11.3. The molecule has 1 aliphatic heterocycles. The van der Waals surface area contributed by atoms with E-state index >= 15 is 0 Å². The van der Waals surface area contributed by atoms with Crippen LogP contribution in [0.5, 0.6) is 0 Å². The second-order valence-electron chi connectivity index (χ2n) is 4.39. The minimum absolute atomic E-state index is 0.125. The maximum atomic E-state index is 10.9. The van der Waals surface area contributed by atoms with Crippen molar-refractivity contribution in [2.45, 2.75) is 38.6 Å². The van der Waals surface area contributed by atoms with Crippen LogP contribution >= 0.6 is 0 Å². The molecule has 0 radical (unpaired) electrons. The van der Waals surface area contributed by atoms with Gasteiger partial charge in [0.15, 0.2) is 0 Å². The van der Waals surface area contributed by atoms with Gasteiger partial charge in [-0.25, -0.2) is 5.10 Å². The largest absolute Gasteiger partial charge is 0.300 e. The Morgan fingerprint density at radius 2 is 2.38 bits per heavy atom. The fraction of sp³-hybridized carbons (Fsp3) is 0.667. The summed E-state index contributed by atoms with van der Waals surface area (Å²) in [6, 6.07) is 3.99. The zero-order valence-electron chi connectivity index (χ0n) is 9.78. The molecule has 0 bridgehead atoms. The Morgan fingerprint density at radius 3 is 3.06 bits per heavy atom. The molecule has 0 saturated carbocycles. The van der Waals surface area contributed by atoms with Crippen molar-refractivity contribution >= 4 is 0 Å². The van der Waals surface area contributed by atoms with Crippen molar-refractivity contribution in [3.63, 3.8) is 0 Å². The Balaban J connectivity index is 2.02. The summed E-state index contributed by atoms with van der Waals surface area (Å²) in [5.74, 6) is 0. The molecule has 1 aromatic heterocycles. The summed E-state index contributed by atoms with van der Waals surface area (Å²) in [6.45, 7) is 4.51. The molecule has 1 aliphatic rings. The number of nitrogens with one attached hydrogen (secondary N) is 1. The third-order valence-corrected chi connectivity index (χ3v) is 3.34. The van der Waals surface area contributed by atoms with E-state index in [0.717, 1.165) is 18.7 Å². The number of likely N-dealkylation sites (tertiary alicyclic amines) is 1. The molecule has 4 heteroatoms. The number of likely N-dealkylation sites (N-methyl/N-ethyl adjacent to an activating group) is 1. The van der Waals surface area contributed by atoms with Gasteiger partial charge in [0.25, 0.3) is 5.56 Å². The molecule has 1 atom stereocenters. The van der Waals surface area contributed by atoms with E-state index in [1.165, 1.54) is 25.8 Å². The fourth-order valence-corrected chi connectivity index (χ4v) is 2.44. The van der Waals surface area contributed by atoms with Gasteiger partial charge in [0.2, 0.25) is 0 Å². The van der Waals surface area contributed by atoms with E-state index in [1.807, 2.05) is 6.07 Å². The van der Waals surface area contributed by atoms with Crippen molar-refractivity contribution in [3.8, 4) is 0 Å². The number of hydrogen-bond donors (Lipinski definition) is 1. The van der Waals surface area contributed by atoms with Crippen molar-refractivity contribution in [3.05, 3.63) is 28.2 Å². The number of nitrogens with zero attached hydrogens (tertiary/aromatic N) is 2. The average molecular weight is 221 g/mol. The van der Waals surface area contributed by atoms with Gasteiger partial charge < -0.3 is 4.90 Å². The zero-order valence-corrected chi connectivity index (χ0v) is 9.78. The predicted octanol–water partition coefficient (Wildman–Crippen LogP) is 1.19. The molecule has 0 spiro atoms. The maximum Gasteiger partial charge on any atom is 0.264 e. The van der Waals surface area contributed by atoms with Gasteiger partial charge in [-0.2, -0.15) is 5.10 Å². The zero-order chi connectivity index (χ0) is 11.4. The second-order valence-corrected chi connectivity index (χ2v) is 4.39. The van der Waals surface area contributed by atoms with Crippen LogP contribution in [0.4, 0.5) is 0 Å². The van der Waals surface area contributed by atoms with Crippen LogP contribution in [0.25, 0.3) is 0 Å². The lowest BCUT2D eigenvalue weighted by atomic mass is 9.98. The van der Waals surface area contributed by atoms with E-state index in [1.54, 1.807) is 6.07 Å². The SMILES string of the molecule is CCN1CCCCC1Cc1ccc(=O)[nH]n1. The Hall–Kier alpha value is -1.16. The number of aromatic amines is 1. The van der Waals surface area contributed by atoms with Gasteiger partial charge in [-0.3, -0.25) is 4.79 Å². The molecule has 0 aliphatic carbocycles. The lowest BCUT2D eigenvalue weighted by Crippen LogP contribution is -2.40. The first-order valence-electron chi connectivity index (χ1n) is 6.08. The molecule has 2 rings (SSSR count). The first-order chi connectivity index (χ1) is 7.79. The Kier molecular flexibility index (Phi) is 3.72. The molecule has 1 fully saturated rings. The van der Waals surface area contributed by atoms with Crippen LogP contribution in [0.2, 0.25) is 0 Å². The van der Waals surface area contributed by atoms with E-state index in [0.29, 0.717) is 6.04 Å². The highest BCUT2D eigenvalue weighted by Crippen LogP contribution is 2.19. The van der Waals surface area contributed by atoms with Gasteiger partial charge in [0, 0.05) is 18.5 Å². The van der Waals surface area contributed by atoms with Crippen molar-refractivity contribution in [2.24, 2.45) is 0 Å². The molecular weight excluding hydrogens is 202 g/mol. The van der Waals surface area contributed by atoms with Gasteiger partial charge in [-0.15, -0.1) is 0 Å². The van der Waals surface area contributed by atoms with Gasteiger partial charge in [-0.05, 0) is 32.0 Å². The Morgan fingerprint density at radius 1 is 1.50 bits per heavy atom. The highest BCUT2D eigenvalue weighted by atomic mass is 16.1. The summed E-state index contributed by atoms with van der Waals surface area (Å²) in [7, 11) is 0. The van der Waals surface area contributed by atoms with Crippen LogP contribution in [0.3, 0.4) is 0 Å². The third-order valence-electron chi connectivity index (χ3n) is 3.34. The van der Waals surface area contributed by atoms with E-state index in [9.17, 15) is 4.79 Å². The van der Waals surface area contributed by atoms with Crippen LogP contribution in [-0.2, 0) is 6.42 Å². The number of aromatic nitrogens is 2. The molecular formula is C12H19N3O. The molecule has 88 valence electrons. The standard InChI is InChI=1S/C12H19N3O/c1-2-15-8-4-3-5-11(15)9-10-6-7-12(16)14-13-10/h6-7,11H,2-5,8-9H2,1H3,(H,14,16). The summed E-state index contributed by atoms with van der Waals surface area (Å²) >= 11 is 0. The highest BCUT2D eigenvalue weighted by molar-refractivity contribution is 5.02. The summed E-state index contributed by atoms with van der Waals surface area (Å²) in [6.07, 6.45) is 4.81. The van der Waals surface area contributed by atoms with Gasteiger partial charge in [-0.1, -0.05) is 13.3 Å². The molecule has 1 aromatic rings. The van der Waals surface area contributed by atoms with E-state index in [4.69, 9.17) is 0 Å². The summed E-state index contributed by atoms with van der Waals surface area (Å²) < 4.78 is 0. The first-order valence-corrected chi connectivity index (χ1v) is 6.08. The van der Waals surface area contributed by atoms with E-state index in [-0.39, 0.29) is 5.56 Å². The molecule has 16 heavy (non-hydrogen) atoms. The summed E-state index contributed by atoms with van der Waals surface area (Å²) in [5, 5.41) is 6.58. The van der Waals surface area contributed by atoms with Crippen LogP contribution in [0.1, 0.15) is 31.9 Å². The maximum absolute atomic E-state index is 10.9. The van der Waals surface area contributed by atoms with Crippen LogP contribution in [-0.4, -0.2) is 34.2 Å². The fourth-order valence-electron chi connectivity index (χ4n) is 2.44. The number of H-pyrrole nitrogens is 1. The monoisotopic (exact) mass is 221 g/mol. The normalized spacial score (nSPS) is 22.2. The molecule has 2 heterocycles. The minimum Gasteiger partial charge on any atom is -0.300 e. The van der Waals surface area contributed by atoms with Gasteiger partial charge in [0.05, 0.1) is 5.69 Å². The summed E-state index contributed by atoms with van der Waals surface area (Å²) in [4.78, 5) is 13.4. The van der Waals surface area contributed by atoms with Crippen LogP contribution in [0, 0.1) is 0 Å². The predicted molar refractivity (Wildman–Crippen MR) is 63.4 cm³/mol. The number of rotatable bonds is 3. The minimum atomic E-state index is -0.125. The van der Waals surface area contributed by atoms with E-state index < -0.39 is 0 Å². The quantitative estimate of drug-likeness (QED) is 0.834. The highest BCUT2D eigenvalue weighted by Gasteiger charge is 2.21. The molecule has 1 N–H and O–H groups in total. The van der Waals surface area contributed by atoms with Crippen molar-refractivity contribution in [1.82, 2.24) is 15.1 Å². The molecule has 1 saturated heterocycles. The topological polar surface area (TPSA) is 49.0 Å². The van der Waals surface area contributed by atoms with Gasteiger partial charge in [0.1, 0.15) is 0 Å². The lowest BCUT2D eigenvalue weighted by Gasteiger charge is -2.34. The Labute approximate surface area is 95.7 Å². The van der Waals surface area contributed by atoms with Crippen molar-refractivity contribution < 1.29 is 0 Å². The van der Waals surface area contributed by atoms with Crippen LogP contribution in [0.15, 0.2) is 16.9 Å². The number of hydrogen-bond acceptors (Lipinski definition) is 3. The van der Waals surface area contributed by atoms with Crippen molar-refractivity contribution in [2.75, 3.05) is 13.1 Å². The average Bonchev–Trinajstić information content (AvgIpc) is 2.33. The number of piperidine rings is 1. The second kappa shape index (κ2) is 5.25. The van der Waals surface area contributed by atoms with Crippen molar-refractivity contribution in [1.29, 1.82) is 0 Å². The summed E-state index contributed by atoms with van der Waals surface area (Å²) in [5.41, 5.74) is 0.865. The van der Waals surface area contributed by atoms with Crippen LogP contribution < -0.4 is 5.56 Å².